The Kier molecular flexibility index (Phi) is 3.91. The fraction of sp³-hybridized carbons (Fsp3) is 0.467. The molecule has 1 aliphatic heterocycles. The number of hydrazone groups is 1. The molecule has 2 rings (SSSR count). The summed E-state index contributed by atoms with van der Waals surface area (Å²) in [7, 11) is 0.0190. The third-order valence-electron chi connectivity index (χ3n) is 4.05. The maximum atomic E-state index is 12.3. The molecule has 6 nitrogen and oxygen atoms in total. The van der Waals surface area contributed by atoms with Gasteiger partial charge in [0.25, 0.3) is 5.91 Å². The molecule has 1 aliphatic rings. The zero-order valence-corrected chi connectivity index (χ0v) is 14.5. The minimum absolute atomic E-state index is 0.146. The molecule has 0 bridgehead atoms. The SMILES string of the molecule is CNC1(C)C(=O)N(C)N=C1c1cc(C)c(S(C)(=O)=O)c(C)c1. The van der Waals surface area contributed by atoms with E-state index >= 15 is 0 Å². The van der Waals surface area contributed by atoms with Crippen LogP contribution in [0.2, 0.25) is 0 Å². The Morgan fingerprint density at radius 1 is 1.23 bits per heavy atom. The van der Waals surface area contributed by atoms with E-state index in [0.29, 0.717) is 21.7 Å². The average Bonchev–Trinajstić information content (AvgIpc) is 2.61. The third-order valence-corrected chi connectivity index (χ3v) is 5.44. The Labute approximate surface area is 131 Å². The van der Waals surface area contributed by atoms with Gasteiger partial charge < -0.3 is 5.32 Å². The maximum absolute atomic E-state index is 12.3. The number of aryl methyl sites for hydroxylation is 2. The van der Waals surface area contributed by atoms with E-state index in [0.717, 1.165) is 5.56 Å². The van der Waals surface area contributed by atoms with Gasteiger partial charge in [-0.15, -0.1) is 0 Å². The lowest BCUT2D eigenvalue weighted by atomic mass is 9.89. The normalized spacial score (nSPS) is 22.2. The first kappa shape index (κ1) is 16.6. The van der Waals surface area contributed by atoms with Gasteiger partial charge in [-0.3, -0.25) is 4.79 Å². The Hall–Kier alpha value is -1.73. The number of rotatable bonds is 3. The summed E-state index contributed by atoms with van der Waals surface area (Å²) >= 11 is 0. The minimum atomic E-state index is -3.29. The van der Waals surface area contributed by atoms with E-state index in [2.05, 4.69) is 10.4 Å². The molecular weight excluding hydrogens is 302 g/mol. The van der Waals surface area contributed by atoms with Crippen molar-refractivity contribution < 1.29 is 13.2 Å². The van der Waals surface area contributed by atoms with Crippen molar-refractivity contribution in [1.82, 2.24) is 10.3 Å². The Bertz CT molecular complexity index is 760. The van der Waals surface area contributed by atoms with E-state index in [-0.39, 0.29) is 5.91 Å². The predicted molar refractivity (Wildman–Crippen MR) is 85.8 cm³/mol. The molecule has 0 saturated heterocycles. The van der Waals surface area contributed by atoms with E-state index in [9.17, 15) is 13.2 Å². The molecule has 0 spiro atoms. The number of carbonyl (C=O) groups excluding carboxylic acids is 1. The van der Waals surface area contributed by atoms with Crippen LogP contribution in [0.4, 0.5) is 0 Å². The molecule has 0 radical (unpaired) electrons. The van der Waals surface area contributed by atoms with Gasteiger partial charge in [0.2, 0.25) is 0 Å². The smallest absolute Gasteiger partial charge is 0.268 e. The second-order valence-electron chi connectivity index (χ2n) is 5.86. The molecule has 0 saturated carbocycles. The highest BCUT2D eigenvalue weighted by Gasteiger charge is 2.45. The van der Waals surface area contributed by atoms with Gasteiger partial charge in [-0.25, -0.2) is 13.4 Å². The number of hydrogen-bond acceptors (Lipinski definition) is 5. The first-order valence-electron chi connectivity index (χ1n) is 6.90. The van der Waals surface area contributed by atoms with Crippen LogP contribution in [0, 0.1) is 13.8 Å². The molecule has 22 heavy (non-hydrogen) atoms. The second kappa shape index (κ2) is 5.17. The van der Waals surface area contributed by atoms with Gasteiger partial charge in [0.1, 0.15) is 5.54 Å². The highest BCUT2D eigenvalue weighted by molar-refractivity contribution is 7.90. The van der Waals surface area contributed by atoms with E-state index in [1.165, 1.54) is 11.3 Å². The molecule has 0 fully saturated rings. The van der Waals surface area contributed by atoms with Crippen LogP contribution in [0.15, 0.2) is 22.1 Å². The van der Waals surface area contributed by atoms with Gasteiger partial charge in [-0.2, -0.15) is 5.10 Å². The van der Waals surface area contributed by atoms with Crippen molar-refractivity contribution in [2.45, 2.75) is 31.2 Å². The quantitative estimate of drug-likeness (QED) is 0.895. The fourth-order valence-corrected chi connectivity index (χ4v) is 4.25. The summed E-state index contributed by atoms with van der Waals surface area (Å²) in [6.45, 7) is 5.28. The standard InChI is InChI=1S/C15H21N3O3S/c1-9-7-11(8-10(2)12(9)22(6,20)21)13-15(3,16-4)14(19)18(5)17-13/h7-8,16H,1-6H3. The lowest BCUT2D eigenvalue weighted by Crippen LogP contribution is -2.53. The summed E-state index contributed by atoms with van der Waals surface area (Å²) in [5.74, 6) is -0.146. The molecule has 0 aromatic heterocycles. The molecule has 1 atom stereocenters. The van der Waals surface area contributed by atoms with Crippen molar-refractivity contribution in [3.63, 3.8) is 0 Å². The Balaban J connectivity index is 2.65. The van der Waals surface area contributed by atoms with E-state index in [4.69, 9.17) is 0 Å². The van der Waals surface area contributed by atoms with Gasteiger partial charge in [-0.1, -0.05) is 0 Å². The number of sulfone groups is 1. The van der Waals surface area contributed by atoms with Crippen molar-refractivity contribution in [3.05, 3.63) is 28.8 Å². The molecular formula is C15H21N3O3S. The zero-order chi connectivity index (χ0) is 16.9. The minimum Gasteiger partial charge on any atom is -0.301 e. The Morgan fingerprint density at radius 2 is 1.73 bits per heavy atom. The van der Waals surface area contributed by atoms with Crippen LogP contribution in [-0.2, 0) is 14.6 Å². The largest absolute Gasteiger partial charge is 0.301 e. The summed E-state index contributed by atoms with van der Waals surface area (Å²) in [5, 5.41) is 8.65. The molecule has 1 amide bonds. The van der Waals surface area contributed by atoms with Crippen LogP contribution in [0.3, 0.4) is 0 Å². The van der Waals surface area contributed by atoms with Crippen LogP contribution >= 0.6 is 0 Å². The number of amides is 1. The molecule has 1 unspecified atom stereocenters. The summed E-state index contributed by atoms with van der Waals surface area (Å²) in [6, 6.07) is 3.54. The van der Waals surface area contributed by atoms with Crippen LogP contribution in [0.1, 0.15) is 23.6 Å². The van der Waals surface area contributed by atoms with Crippen molar-refractivity contribution in [3.8, 4) is 0 Å². The summed E-state index contributed by atoms with van der Waals surface area (Å²) in [4.78, 5) is 12.6. The maximum Gasteiger partial charge on any atom is 0.268 e. The summed E-state index contributed by atoms with van der Waals surface area (Å²) in [5.41, 5.74) is 1.73. The first-order valence-corrected chi connectivity index (χ1v) is 8.79. The summed E-state index contributed by atoms with van der Waals surface area (Å²) in [6.07, 6.45) is 1.20. The topological polar surface area (TPSA) is 78.8 Å². The second-order valence-corrected chi connectivity index (χ2v) is 7.82. The molecule has 1 heterocycles. The Morgan fingerprint density at radius 3 is 2.14 bits per heavy atom. The lowest BCUT2D eigenvalue weighted by molar-refractivity contribution is -0.131. The molecule has 1 aromatic carbocycles. The number of hydrogen-bond donors (Lipinski definition) is 1. The van der Waals surface area contributed by atoms with Crippen molar-refractivity contribution in [2.75, 3.05) is 20.4 Å². The van der Waals surface area contributed by atoms with Crippen molar-refractivity contribution in [1.29, 1.82) is 0 Å². The van der Waals surface area contributed by atoms with Crippen LogP contribution in [0.25, 0.3) is 0 Å². The number of likely N-dealkylation sites (N-methyl/N-ethyl adjacent to an activating group) is 2. The number of nitrogens with one attached hydrogen (secondary N) is 1. The van der Waals surface area contributed by atoms with Gasteiger partial charge in [-0.05, 0) is 51.1 Å². The van der Waals surface area contributed by atoms with E-state index < -0.39 is 15.4 Å². The van der Waals surface area contributed by atoms with Gasteiger partial charge in [0.05, 0.1) is 10.6 Å². The fourth-order valence-electron chi connectivity index (χ4n) is 2.96. The molecule has 0 aliphatic carbocycles. The average molecular weight is 323 g/mol. The van der Waals surface area contributed by atoms with Gasteiger partial charge in [0, 0.05) is 18.9 Å². The molecule has 7 heteroatoms. The van der Waals surface area contributed by atoms with E-state index in [1.807, 2.05) is 0 Å². The molecule has 1 N–H and O–H groups in total. The molecule has 1 aromatic rings. The lowest BCUT2D eigenvalue weighted by Gasteiger charge is -2.24. The van der Waals surface area contributed by atoms with Crippen LogP contribution < -0.4 is 5.32 Å². The predicted octanol–water partition coefficient (Wildman–Crippen LogP) is 0.861. The van der Waals surface area contributed by atoms with E-state index in [1.54, 1.807) is 47.0 Å². The molecule has 120 valence electrons. The number of carbonyl (C=O) groups is 1. The summed E-state index contributed by atoms with van der Waals surface area (Å²) < 4.78 is 23.8. The van der Waals surface area contributed by atoms with Crippen molar-refractivity contribution in [2.24, 2.45) is 5.10 Å². The third kappa shape index (κ3) is 2.44. The zero-order valence-electron chi connectivity index (χ0n) is 13.7. The van der Waals surface area contributed by atoms with Gasteiger partial charge >= 0.3 is 0 Å². The highest BCUT2D eigenvalue weighted by atomic mass is 32.2. The highest BCUT2D eigenvalue weighted by Crippen LogP contribution is 2.28. The first-order chi connectivity index (χ1) is 10.0. The van der Waals surface area contributed by atoms with Crippen LogP contribution in [0.5, 0.6) is 0 Å². The van der Waals surface area contributed by atoms with Crippen molar-refractivity contribution >= 4 is 21.5 Å². The van der Waals surface area contributed by atoms with Gasteiger partial charge in [0.15, 0.2) is 9.84 Å². The van der Waals surface area contributed by atoms with Crippen LogP contribution in [-0.4, -0.2) is 50.9 Å². The monoisotopic (exact) mass is 323 g/mol. The number of benzene rings is 1. The number of nitrogens with zero attached hydrogens (tertiary/aromatic N) is 2.